The van der Waals surface area contributed by atoms with Crippen molar-refractivity contribution in [3.8, 4) is 5.75 Å². The van der Waals surface area contributed by atoms with Gasteiger partial charge in [0.25, 0.3) is 5.69 Å². The predicted octanol–water partition coefficient (Wildman–Crippen LogP) is 1.20. The quantitative estimate of drug-likeness (QED) is 0.594. The van der Waals surface area contributed by atoms with Crippen LogP contribution in [0.1, 0.15) is 12.0 Å². The maximum Gasteiger partial charge on any atom is 0.270 e. The fraction of sp³-hybridized carbons (Fsp3) is 0.455. The van der Waals surface area contributed by atoms with Gasteiger partial charge in [0.15, 0.2) is 0 Å². The number of nitro benzene ring substituents is 1. The van der Waals surface area contributed by atoms with E-state index >= 15 is 0 Å². The Hall–Kier alpha value is -1.47. The maximum atomic E-state index is 11.8. The molecule has 0 amide bonds. The van der Waals surface area contributed by atoms with Crippen LogP contribution in [0.5, 0.6) is 5.75 Å². The molecule has 0 fully saturated rings. The van der Waals surface area contributed by atoms with E-state index in [1.54, 1.807) is 0 Å². The lowest BCUT2D eigenvalue weighted by Gasteiger charge is -2.08. The van der Waals surface area contributed by atoms with Crippen LogP contribution in [0.2, 0.25) is 0 Å². The third-order valence-corrected chi connectivity index (χ3v) is 3.74. The molecule has 0 saturated carbocycles. The topological polar surface area (TPSA) is 95.5 Å². The van der Waals surface area contributed by atoms with Crippen molar-refractivity contribution in [2.24, 2.45) is 5.73 Å². The molecule has 0 aliphatic heterocycles. The first-order valence-corrected chi connectivity index (χ1v) is 6.93. The van der Waals surface area contributed by atoms with Gasteiger partial charge in [0, 0.05) is 34.2 Å². The molecule has 1 rings (SSSR count). The molecule has 0 heterocycles. The fourth-order valence-corrected chi connectivity index (χ4v) is 2.69. The van der Waals surface area contributed by atoms with Crippen molar-refractivity contribution >= 4 is 16.5 Å². The molecule has 1 aromatic carbocycles. The van der Waals surface area contributed by atoms with Gasteiger partial charge in [-0.2, -0.15) is 0 Å². The molecule has 2 N–H and O–H groups in total. The second-order valence-corrected chi connectivity index (χ2v) is 5.26. The van der Waals surface area contributed by atoms with E-state index in [1.807, 2.05) is 0 Å². The van der Waals surface area contributed by atoms with Crippen molar-refractivity contribution < 1.29 is 13.9 Å². The molecule has 18 heavy (non-hydrogen) atoms. The number of rotatable bonds is 7. The van der Waals surface area contributed by atoms with Crippen LogP contribution in [0, 0.1) is 10.1 Å². The van der Waals surface area contributed by atoms with Gasteiger partial charge < -0.3 is 10.5 Å². The van der Waals surface area contributed by atoms with Crippen molar-refractivity contribution in [1.82, 2.24) is 0 Å². The fourth-order valence-electron chi connectivity index (χ4n) is 1.48. The second kappa shape index (κ2) is 7.07. The number of ether oxygens (including phenoxy) is 1. The van der Waals surface area contributed by atoms with Crippen molar-refractivity contribution in [3.63, 3.8) is 0 Å². The molecule has 0 radical (unpaired) electrons. The summed E-state index contributed by atoms with van der Waals surface area (Å²) in [6.07, 6.45) is 0.670. The van der Waals surface area contributed by atoms with E-state index in [0.717, 1.165) is 0 Å². The standard InChI is InChI=1S/C11H16N2O4S/c1-17-11-4-3-10(13(14)15)7-9(11)8-18(16)6-2-5-12/h3-4,7H,2,5-6,8,12H2,1H3. The number of nitrogens with zero attached hydrogens (tertiary/aromatic N) is 1. The number of benzene rings is 1. The Kier molecular flexibility index (Phi) is 5.73. The lowest BCUT2D eigenvalue weighted by molar-refractivity contribution is -0.384. The Morgan fingerprint density at radius 3 is 2.78 bits per heavy atom. The van der Waals surface area contributed by atoms with Crippen LogP contribution in [-0.2, 0) is 16.6 Å². The van der Waals surface area contributed by atoms with Crippen LogP contribution in [-0.4, -0.2) is 28.5 Å². The third-order valence-electron chi connectivity index (χ3n) is 2.37. The van der Waals surface area contributed by atoms with Gasteiger partial charge >= 0.3 is 0 Å². The molecule has 0 saturated heterocycles. The average molecular weight is 272 g/mol. The first-order valence-electron chi connectivity index (χ1n) is 5.44. The zero-order valence-electron chi connectivity index (χ0n) is 10.1. The van der Waals surface area contributed by atoms with Gasteiger partial charge in [0.1, 0.15) is 5.75 Å². The number of hydrogen-bond acceptors (Lipinski definition) is 5. The minimum absolute atomic E-state index is 0.0263. The van der Waals surface area contributed by atoms with Crippen molar-refractivity contribution in [2.45, 2.75) is 12.2 Å². The Morgan fingerprint density at radius 1 is 1.50 bits per heavy atom. The zero-order chi connectivity index (χ0) is 13.5. The molecule has 0 spiro atoms. The molecular weight excluding hydrogens is 256 g/mol. The SMILES string of the molecule is COc1ccc([N+](=O)[O-])cc1CS(=O)CCCN. The highest BCUT2D eigenvalue weighted by atomic mass is 32.2. The van der Waals surface area contributed by atoms with Crippen molar-refractivity contribution in [3.05, 3.63) is 33.9 Å². The number of hydrogen-bond donors (Lipinski definition) is 1. The lowest BCUT2D eigenvalue weighted by Crippen LogP contribution is -2.08. The highest BCUT2D eigenvalue weighted by Crippen LogP contribution is 2.25. The molecule has 0 aromatic heterocycles. The Balaban J connectivity index is 2.87. The molecule has 1 unspecified atom stereocenters. The predicted molar refractivity (Wildman–Crippen MR) is 70.0 cm³/mol. The molecule has 0 aliphatic carbocycles. The summed E-state index contributed by atoms with van der Waals surface area (Å²) in [5.74, 6) is 1.24. The normalized spacial score (nSPS) is 12.1. The summed E-state index contributed by atoms with van der Waals surface area (Å²) < 4.78 is 16.9. The number of nitro groups is 1. The Bertz CT molecular complexity index is 451. The monoisotopic (exact) mass is 272 g/mol. The van der Waals surface area contributed by atoms with Gasteiger partial charge in [0.2, 0.25) is 0 Å². The minimum Gasteiger partial charge on any atom is -0.496 e. The molecule has 0 bridgehead atoms. The van der Waals surface area contributed by atoms with Gasteiger partial charge in [-0.25, -0.2) is 0 Å². The largest absolute Gasteiger partial charge is 0.496 e. The smallest absolute Gasteiger partial charge is 0.270 e. The minimum atomic E-state index is -1.09. The molecule has 1 atom stereocenters. The number of methoxy groups -OCH3 is 1. The average Bonchev–Trinajstić information content (AvgIpc) is 2.36. The van der Waals surface area contributed by atoms with Crippen LogP contribution < -0.4 is 10.5 Å². The lowest BCUT2D eigenvalue weighted by atomic mass is 10.2. The van der Waals surface area contributed by atoms with Gasteiger partial charge in [-0.15, -0.1) is 0 Å². The molecule has 100 valence electrons. The van der Waals surface area contributed by atoms with Crippen LogP contribution in [0.25, 0.3) is 0 Å². The van der Waals surface area contributed by atoms with Crippen LogP contribution in [0.15, 0.2) is 18.2 Å². The molecule has 0 aliphatic rings. The number of nitrogens with two attached hydrogens (primary N) is 1. The van der Waals surface area contributed by atoms with Crippen LogP contribution in [0.3, 0.4) is 0 Å². The van der Waals surface area contributed by atoms with Crippen molar-refractivity contribution in [2.75, 3.05) is 19.4 Å². The van der Waals surface area contributed by atoms with E-state index in [9.17, 15) is 14.3 Å². The summed E-state index contributed by atoms with van der Waals surface area (Å²) in [6, 6.07) is 4.29. The first-order chi connectivity index (χ1) is 8.58. The third kappa shape index (κ3) is 4.08. The second-order valence-electron chi connectivity index (χ2n) is 3.68. The molecule has 7 heteroatoms. The van der Waals surface area contributed by atoms with E-state index < -0.39 is 15.7 Å². The number of non-ortho nitro benzene ring substituents is 1. The Labute approximate surface area is 108 Å². The van der Waals surface area contributed by atoms with E-state index in [1.165, 1.54) is 25.3 Å². The van der Waals surface area contributed by atoms with E-state index in [0.29, 0.717) is 30.0 Å². The zero-order valence-corrected chi connectivity index (χ0v) is 10.9. The van der Waals surface area contributed by atoms with Crippen LogP contribution >= 0.6 is 0 Å². The molecular formula is C11H16N2O4S. The molecule has 1 aromatic rings. The molecule has 6 nitrogen and oxygen atoms in total. The Morgan fingerprint density at radius 2 is 2.22 bits per heavy atom. The van der Waals surface area contributed by atoms with Crippen molar-refractivity contribution in [1.29, 1.82) is 0 Å². The summed E-state index contributed by atoms with van der Waals surface area (Å²) in [4.78, 5) is 10.2. The van der Waals surface area contributed by atoms with E-state index in [-0.39, 0.29) is 11.4 Å². The highest BCUT2D eigenvalue weighted by molar-refractivity contribution is 7.84. The summed E-state index contributed by atoms with van der Waals surface area (Å²) in [6.45, 7) is 0.484. The highest BCUT2D eigenvalue weighted by Gasteiger charge is 2.13. The van der Waals surface area contributed by atoms with Crippen LogP contribution in [0.4, 0.5) is 5.69 Å². The summed E-state index contributed by atoms with van der Waals surface area (Å²) in [7, 11) is 0.393. The summed E-state index contributed by atoms with van der Waals surface area (Å²) in [5, 5.41) is 10.7. The first kappa shape index (κ1) is 14.6. The van der Waals surface area contributed by atoms with Gasteiger partial charge in [0.05, 0.1) is 17.8 Å². The van der Waals surface area contributed by atoms with Gasteiger partial charge in [-0.05, 0) is 19.0 Å². The van der Waals surface area contributed by atoms with E-state index in [4.69, 9.17) is 10.5 Å². The summed E-state index contributed by atoms with van der Waals surface area (Å²) >= 11 is 0. The van der Waals surface area contributed by atoms with Gasteiger partial charge in [-0.1, -0.05) is 0 Å². The van der Waals surface area contributed by atoms with Gasteiger partial charge in [-0.3, -0.25) is 14.3 Å². The summed E-state index contributed by atoms with van der Waals surface area (Å²) in [5.41, 5.74) is 5.90. The maximum absolute atomic E-state index is 11.8. The van der Waals surface area contributed by atoms with E-state index in [2.05, 4.69) is 0 Å².